The summed E-state index contributed by atoms with van der Waals surface area (Å²) in [5, 5.41) is 3.49. The van der Waals surface area contributed by atoms with E-state index in [1.165, 1.54) is 7.11 Å². The first kappa shape index (κ1) is 12.0. The molecule has 0 aromatic rings. The van der Waals surface area contributed by atoms with Gasteiger partial charge >= 0.3 is 5.97 Å². The van der Waals surface area contributed by atoms with Crippen molar-refractivity contribution >= 4 is 23.6 Å². The van der Waals surface area contributed by atoms with E-state index in [1.54, 1.807) is 24.9 Å². The van der Waals surface area contributed by atoms with E-state index in [4.69, 9.17) is 4.74 Å². The van der Waals surface area contributed by atoms with Gasteiger partial charge in [-0.2, -0.15) is 0 Å². The third kappa shape index (κ3) is 2.17. The number of thioether (sulfide) groups is 1. The molecule has 0 bridgehead atoms. The highest BCUT2D eigenvalue weighted by atomic mass is 32.2. The van der Waals surface area contributed by atoms with Gasteiger partial charge < -0.3 is 15.0 Å². The number of likely N-dealkylation sites (N-methyl/N-ethyl adjacent to an activating group) is 1. The van der Waals surface area contributed by atoms with Gasteiger partial charge in [0.2, 0.25) is 5.91 Å². The number of nitrogens with one attached hydrogen (secondary N) is 1. The van der Waals surface area contributed by atoms with Crippen molar-refractivity contribution in [3.63, 3.8) is 0 Å². The van der Waals surface area contributed by atoms with E-state index >= 15 is 0 Å². The molecule has 0 unspecified atom stereocenters. The summed E-state index contributed by atoms with van der Waals surface area (Å²) in [6, 6.07) is 0. The Balaban J connectivity index is 2.22. The summed E-state index contributed by atoms with van der Waals surface area (Å²) in [4.78, 5) is 24.8. The maximum Gasteiger partial charge on any atom is 0.336 e. The van der Waals surface area contributed by atoms with Gasteiger partial charge in [0.15, 0.2) is 0 Å². The van der Waals surface area contributed by atoms with E-state index < -0.39 is 0 Å². The highest BCUT2D eigenvalue weighted by Crippen LogP contribution is 2.42. The molecule has 0 aromatic carbocycles. The smallest absolute Gasteiger partial charge is 0.336 e. The number of hydrogen-bond donors (Lipinski definition) is 1. The fraction of sp³-hybridized carbons (Fsp3) is 0.455. The second-order valence-electron chi connectivity index (χ2n) is 3.72. The minimum Gasteiger partial charge on any atom is -0.466 e. The lowest BCUT2D eigenvalue weighted by Gasteiger charge is -2.14. The van der Waals surface area contributed by atoms with Crippen LogP contribution in [0, 0.1) is 0 Å². The van der Waals surface area contributed by atoms with Gasteiger partial charge in [-0.05, 0) is 0 Å². The molecule has 1 N–H and O–H groups in total. The molecule has 17 heavy (non-hydrogen) atoms. The Kier molecular flexibility index (Phi) is 3.42. The third-order valence-electron chi connectivity index (χ3n) is 2.77. The first-order chi connectivity index (χ1) is 8.17. The van der Waals surface area contributed by atoms with Crippen LogP contribution in [0.25, 0.3) is 0 Å². The van der Waals surface area contributed by atoms with Gasteiger partial charge in [-0.3, -0.25) is 4.79 Å². The lowest BCUT2D eigenvalue weighted by molar-refractivity contribution is -0.136. The molecule has 0 aliphatic carbocycles. The molecule has 1 saturated heterocycles. The molecule has 0 saturated carbocycles. The van der Waals surface area contributed by atoms with Crippen molar-refractivity contribution in [2.24, 2.45) is 0 Å². The number of fused-ring (bicyclic) bond motifs is 1. The van der Waals surface area contributed by atoms with E-state index in [2.05, 4.69) is 5.32 Å². The molecule has 2 rings (SSSR count). The van der Waals surface area contributed by atoms with Gasteiger partial charge in [-0.15, -0.1) is 11.8 Å². The zero-order valence-electron chi connectivity index (χ0n) is 9.78. The molecule has 1 fully saturated rings. The number of nitrogens with zero attached hydrogens (tertiary/aromatic N) is 1. The van der Waals surface area contributed by atoms with Crippen molar-refractivity contribution in [1.29, 1.82) is 0 Å². The van der Waals surface area contributed by atoms with Crippen LogP contribution in [0.1, 0.15) is 6.42 Å². The van der Waals surface area contributed by atoms with Crippen LogP contribution < -0.4 is 5.32 Å². The molecule has 2 aliphatic rings. The highest BCUT2D eigenvalue weighted by Gasteiger charge is 2.34. The van der Waals surface area contributed by atoms with E-state index in [0.717, 1.165) is 28.6 Å². The number of carbonyl (C=O) groups excluding carboxylic acids is 2. The molecule has 1 amide bonds. The first-order valence-corrected chi connectivity index (χ1v) is 6.30. The lowest BCUT2D eigenvalue weighted by Crippen LogP contribution is -2.19. The van der Waals surface area contributed by atoms with Crippen molar-refractivity contribution in [3.05, 3.63) is 22.4 Å². The fourth-order valence-electron chi connectivity index (χ4n) is 1.91. The predicted octanol–water partition coefficient (Wildman–Crippen LogP) is 0.453. The summed E-state index contributed by atoms with van der Waals surface area (Å²) in [6.45, 7) is 0.746. The molecular formula is C11H14N2O3S. The summed E-state index contributed by atoms with van der Waals surface area (Å²) >= 11 is 1.58. The Morgan fingerprint density at radius 3 is 2.94 bits per heavy atom. The summed E-state index contributed by atoms with van der Waals surface area (Å²) in [5.74, 6) is 0.341. The Hall–Kier alpha value is -1.43. The molecule has 0 radical (unpaired) electrons. The first-order valence-electron chi connectivity index (χ1n) is 5.31. The average molecular weight is 254 g/mol. The second kappa shape index (κ2) is 4.83. The second-order valence-corrected chi connectivity index (χ2v) is 4.68. The number of ether oxygens (including phenoxy) is 1. The molecular weight excluding hydrogens is 240 g/mol. The summed E-state index contributed by atoms with van der Waals surface area (Å²) in [7, 11) is 2.99. The van der Waals surface area contributed by atoms with E-state index in [0.29, 0.717) is 6.42 Å². The Labute approximate surface area is 104 Å². The van der Waals surface area contributed by atoms with Crippen LogP contribution in [-0.2, 0) is 14.3 Å². The minimum atomic E-state index is -0.267. The summed E-state index contributed by atoms with van der Waals surface area (Å²) < 4.78 is 4.74. The zero-order valence-corrected chi connectivity index (χ0v) is 10.6. The SMILES string of the molecule is CNC(=O)/C=C1\CSC2=C(C(=O)OC)CCN21. The van der Waals surface area contributed by atoms with E-state index in [1.807, 2.05) is 4.90 Å². The quantitative estimate of drug-likeness (QED) is 0.573. The normalized spacial score (nSPS) is 20.8. The number of amides is 1. The maximum absolute atomic E-state index is 11.5. The number of carbonyl (C=O) groups is 2. The van der Waals surface area contributed by atoms with E-state index in [-0.39, 0.29) is 11.9 Å². The van der Waals surface area contributed by atoms with Crippen molar-refractivity contribution in [3.8, 4) is 0 Å². The molecule has 0 aromatic heterocycles. The van der Waals surface area contributed by atoms with Crippen LogP contribution in [0.4, 0.5) is 0 Å². The summed E-state index contributed by atoms with van der Waals surface area (Å²) in [5.41, 5.74) is 1.67. The van der Waals surface area contributed by atoms with Gasteiger partial charge in [0.05, 0.1) is 17.7 Å². The topological polar surface area (TPSA) is 58.6 Å². The van der Waals surface area contributed by atoms with Crippen LogP contribution in [-0.4, -0.2) is 43.2 Å². The number of methoxy groups -OCH3 is 1. The van der Waals surface area contributed by atoms with Gasteiger partial charge in [0.1, 0.15) is 0 Å². The lowest BCUT2D eigenvalue weighted by atomic mass is 10.2. The number of esters is 1. The van der Waals surface area contributed by atoms with Gasteiger partial charge in [0.25, 0.3) is 0 Å². The molecule has 6 heteroatoms. The van der Waals surface area contributed by atoms with Crippen molar-refractivity contribution in [1.82, 2.24) is 10.2 Å². The number of hydrogen-bond acceptors (Lipinski definition) is 5. The largest absolute Gasteiger partial charge is 0.466 e. The predicted molar refractivity (Wildman–Crippen MR) is 65.0 cm³/mol. The summed E-state index contributed by atoms with van der Waals surface area (Å²) in [6.07, 6.45) is 2.26. The molecule has 2 aliphatic heterocycles. The van der Waals surface area contributed by atoms with Crippen molar-refractivity contribution < 1.29 is 14.3 Å². The molecule has 0 spiro atoms. The van der Waals surface area contributed by atoms with Gasteiger partial charge in [-0.25, -0.2) is 4.79 Å². The average Bonchev–Trinajstić information content (AvgIpc) is 2.91. The van der Waals surface area contributed by atoms with Gasteiger partial charge in [0, 0.05) is 37.5 Å². The molecule has 0 atom stereocenters. The Bertz CT molecular complexity index is 428. The standard InChI is InChI=1S/C11H14N2O3S/c1-12-9(14)5-7-6-17-10-8(11(15)16-2)3-4-13(7)10/h5H,3-4,6H2,1-2H3,(H,12,14)/b7-5+. The van der Waals surface area contributed by atoms with Crippen LogP contribution in [0.2, 0.25) is 0 Å². The van der Waals surface area contributed by atoms with E-state index in [9.17, 15) is 9.59 Å². The van der Waals surface area contributed by atoms with Crippen molar-refractivity contribution in [2.45, 2.75) is 6.42 Å². The number of rotatable bonds is 2. The Morgan fingerprint density at radius 1 is 1.53 bits per heavy atom. The van der Waals surface area contributed by atoms with Gasteiger partial charge in [-0.1, -0.05) is 0 Å². The van der Waals surface area contributed by atoms with Crippen LogP contribution in [0.3, 0.4) is 0 Å². The zero-order chi connectivity index (χ0) is 12.4. The van der Waals surface area contributed by atoms with Crippen LogP contribution in [0.5, 0.6) is 0 Å². The van der Waals surface area contributed by atoms with Crippen LogP contribution in [0.15, 0.2) is 22.4 Å². The maximum atomic E-state index is 11.5. The fourth-order valence-corrected chi connectivity index (χ4v) is 3.16. The molecule has 92 valence electrons. The Morgan fingerprint density at radius 2 is 2.29 bits per heavy atom. The third-order valence-corrected chi connectivity index (χ3v) is 3.95. The highest BCUT2D eigenvalue weighted by molar-refractivity contribution is 8.03. The van der Waals surface area contributed by atoms with Crippen molar-refractivity contribution in [2.75, 3.05) is 26.5 Å². The monoisotopic (exact) mass is 254 g/mol. The van der Waals surface area contributed by atoms with Crippen LogP contribution >= 0.6 is 11.8 Å². The minimum absolute atomic E-state index is 0.117. The molecule has 5 nitrogen and oxygen atoms in total. The molecule has 2 heterocycles.